The topological polar surface area (TPSA) is 53.1 Å². The minimum Gasteiger partial charge on any atom is -0.494 e. The molecule has 0 unspecified atom stereocenters. The van der Waals surface area contributed by atoms with Crippen molar-refractivity contribution < 1.29 is 9.13 Å². The quantitative estimate of drug-likeness (QED) is 0.787. The van der Waals surface area contributed by atoms with Gasteiger partial charge in [-0.2, -0.15) is 0 Å². The number of nitrogens with zero attached hydrogens (tertiary/aromatic N) is 2. The van der Waals surface area contributed by atoms with Crippen LogP contribution in [0.2, 0.25) is 5.02 Å². The highest BCUT2D eigenvalue weighted by Gasteiger charge is 2.14. The van der Waals surface area contributed by atoms with Crippen LogP contribution in [0.3, 0.4) is 0 Å². The average molecular weight is 292 g/mol. The molecule has 1 heterocycles. The molecule has 6 heteroatoms. The highest BCUT2D eigenvalue weighted by molar-refractivity contribution is 6.30. The summed E-state index contributed by atoms with van der Waals surface area (Å²) >= 11 is 5.82. The number of nitrogen functional groups attached to an aromatic ring is 1. The summed E-state index contributed by atoms with van der Waals surface area (Å²) in [6.07, 6.45) is 0. The van der Waals surface area contributed by atoms with Gasteiger partial charge >= 0.3 is 0 Å². The lowest BCUT2D eigenvalue weighted by Gasteiger charge is -2.07. The molecule has 0 saturated carbocycles. The van der Waals surface area contributed by atoms with Crippen molar-refractivity contribution in [2.75, 3.05) is 12.8 Å². The van der Waals surface area contributed by atoms with Crippen LogP contribution in [0.4, 0.5) is 10.3 Å². The third kappa shape index (κ3) is 1.87. The molecule has 1 aromatic heterocycles. The van der Waals surface area contributed by atoms with Crippen molar-refractivity contribution in [1.82, 2.24) is 9.55 Å². The number of hydrogen-bond donors (Lipinski definition) is 1. The molecular formula is C14H11ClFN3O. The lowest BCUT2D eigenvalue weighted by atomic mass is 10.2. The van der Waals surface area contributed by atoms with Gasteiger partial charge in [-0.15, -0.1) is 0 Å². The van der Waals surface area contributed by atoms with Gasteiger partial charge < -0.3 is 10.5 Å². The Bertz CT molecular complexity index is 800. The average Bonchev–Trinajstić information content (AvgIpc) is 2.78. The smallest absolute Gasteiger partial charge is 0.206 e. The molecule has 0 atom stereocenters. The molecule has 0 spiro atoms. The summed E-state index contributed by atoms with van der Waals surface area (Å²) in [7, 11) is 1.57. The molecule has 3 aromatic rings. The number of fused-ring (bicyclic) bond motifs is 1. The number of halogens is 2. The Morgan fingerprint density at radius 2 is 2.10 bits per heavy atom. The first kappa shape index (κ1) is 12.7. The van der Waals surface area contributed by atoms with Gasteiger partial charge in [-0.3, -0.25) is 4.57 Å². The van der Waals surface area contributed by atoms with Crippen molar-refractivity contribution in [3.63, 3.8) is 0 Å². The molecule has 0 bridgehead atoms. The maximum absolute atomic E-state index is 13.3. The SMILES string of the molecule is COc1cccc2c1nc(N)n2-c1ccc(F)c(Cl)c1. The number of para-hydroxylation sites is 1. The van der Waals surface area contributed by atoms with Crippen LogP contribution in [0.1, 0.15) is 0 Å². The summed E-state index contributed by atoms with van der Waals surface area (Å²) in [6.45, 7) is 0. The second-order valence-corrected chi connectivity index (χ2v) is 4.64. The van der Waals surface area contributed by atoms with Crippen molar-refractivity contribution in [1.29, 1.82) is 0 Å². The summed E-state index contributed by atoms with van der Waals surface area (Å²) in [4.78, 5) is 4.29. The van der Waals surface area contributed by atoms with Crippen LogP contribution in [0.15, 0.2) is 36.4 Å². The van der Waals surface area contributed by atoms with Gasteiger partial charge in [0, 0.05) is 0 Å². The van der Waals surface area contributed by atoms with Crippen LogP contribution < -0.4 is 10.5 Å². The molecule has 20 heavy (non-hydrogen) atoms. The molecule has 0 aliphatic carbocycles. The van der Waals surface area contributed by atoms with Gasteiger partial charge in [-0.1, -0.05) is 17.7 Å². The maximum atomic E-state index is 13.3. The first-order valence-electron chi connectivity index (χ1n) is 5.88. The Hall–Kier alpha value is -2.27. The van der Waals surface area contributed by atoms with E-state index in [4.69, 9.17) is 22.1 Å². The number of anilines is 1. The first-order chi connectivity index (χ1) is 9.61. The zero-order valence-electron chi connectivity index (χ0n) is 10.6. The summed E-state index contributed by atoms with van der Waals surface area (Å²) in [5.74, 6) is 0.435. The third-order valence-electron chi connectivity index (χ3n) is 3.06. The van der Waals surface area contributed by atoms with Gasteiger partial charge in [0.25, 0.3) is 0 Å². The number of ether oxygens (including phenoxy) is 1. The van der Waals surface area contributed by atoms with Gasteiger partial charge in [0.1, 0.15) is 17.1 Å². The Morgan fingerprint density at radius 1 is 1.30 bits per heavy atom. The van der Waals surface area contributed by atoms with Crippen LogP contribution in [0, 0.1) is 5.82 Å². The molecular weight excluding hydrogens is 281 g/mol. The second kappa shape index (κ2) is 4.68. The molecule has 4 nitrogen and oxygen atoms in total. The molecule has 0 amide bonds. The van der Waals surface area contributed by atoms with Gasteiger partial charge in [0.05, 0.1) is 23.3 Å². The standard InChI is InChI=1S/C14H11ClFN3O/c1-20-12-4-2-3-11-13(12)18-14(17)19(11)8-5-6-10(16)9(15)7-8/h2-7H,1H3,(H2,17,18). The number of methoxy groups -OCH3 is 1. The van der Waals surface area contributed by atoms with Gasteiger partial charge in [0.15, 0.2) is 0 Å². The van der Waals surface area contributed by atoms with Crippen LogP contribution in [-0.2, 0) is 0 Å². The minimum atomic E-state index is -0.476. The summed E-state index contributed by atoms with van der Waals surface area (Å²) in [5, 5.41) is 0.0339. The monoisotopic (exact) mass is 291 g/mol. The van der Waals surface area contributed by atoms with Crippen LogP contribution in [0.5, 0.6) is 5.75 Å². The molecule has 3 rings (SSSR count). The molecule has 0 aliphatic rings. The maximum Gasteiger partial charge on any atom is 0.206 e. The van der Waals surface area contributed by atoms with Crippen molar-refractivity contribution in [2.24, 2.45) is 0 Å². The zero-order chi connectivity index (χ0) is 14.3. The second-order valence-electron chi connectivity index (χ2n) is 4.23. The van der Waals surface area contributed by atoms with E-state index in [2.05, 4.69) is 4.98 Å². The van der Waals surface area contributed by atoms with E-state index in [-0.39, 0.29) is 11.0 Å². The van der Waals surface area contributed by atoms with E-state index in [1.807, 2.05) is 12.1 Å². The summed E-state index contributed by atoms with van der Waals surface area (Å²) in [6, 6.07) is 9.90. The lowest BCUT2D eigenvalue weighted by molar-refractivity contribution is 0.419. The third-order valence-corrected chi connectivity index (χ3v) is 3.35. The Morgan fingerprint density at radius 3 is 2.80 bits per heavy atom. The van der Waals surface area contributed by atoms with Gasteiger partial charge in [0.2, 0.25) is 5.95 Å². The lowest BCUT2D eigenvalue weighted by Crippen LogP contribution is -2.00. The normalized spacial score (nSPS) is 10.9. The van der Waals surface area contributed by atoms with E-state index in [0.717, 1.165) is 5.52 Å². The molecule has 0 radical (unpaired) electrons. The molecule has 2 N–H and O–H groups in total. The fourth-order valence-corrected chi connectivity index (χ4v) is 2.33. The minimum absolute atomic E-state index is 0.0339. The van der Waals surface area contributed by atoms with Crippen molar-refractivity contribution in [3.05, 3.63) is 47.2 Å². The molecule has 0 saturated heterocycles. The molecule has 0 fully saturated rings. The van der Waals surface area contributed by atoms with Crippen LogP contribution in [0.25, 0.3) is 16.7 Å². The fourth-order valence-electron chi connectivity index (χ4n) is 2.15. The van der Waals surface area contributed by atoms with Crippen LogP contribution in [-0.4, -0.2) is 16.7 Å². The Balaban J connectivity index is 2.30. The van der Waals surface area contributed by atoms with Crippen molar-refractivity contribution in [3.8, 4) is 11.4 Å². The van der Waals surface area contributed by atoms with E-state index in [0.29, 0.717) is 17.0 Å². The predicted octanol–water partition coefficient (Wildman–Crippen LogP) is 3.41. The number of nitrogens with two attached hydrogens (primary N) is 1. The molecule has 0 aliphatic heterocycles. The Kier molecular flexibility index (Phi) is 2.99. The zero-order valence-corrected chi connectivity index (χ0v) is 11.4. The van der Waals surface area contributed by atoms with Gasteiger partial charge in [-0.05, 0) is 30.3 Å². The largest absolute Gasteiger partial charge is 0.494 e. The number of aromatic nitrogens is 2. The van der Waals surface area contributed by atoms with Crippen molar-refractivity contribution >= 4 is 28.6 Å². The molecule has 2 aromatic carbocycles. The first-order valence-corrected chi connectivity index (χ1v) is 6.26. The number of imidazole rings is 1. The van der Waals surface area contributed by atoms with E-state index >= 15 is 0 Å². The number of benzene rings is 2. The van der Waals surface area contributed by atoms with Crippen molar-refractivity contribution in [2.45, 2.75) is 0 Å². The highest BCUT2D eigenvalue weighted by Crippen LogP contribution is 2.30. The number of rotatable bonds is 2. The molecule has 102 valence electrons. The van der Waals surface area contributed by atoms with E-state index in [1.54, 1.807) is 23.8 Å². The number of hydrogen-bond acceptors (Lipinski definition) is 3. The van der Waals surface area contributed by atoms with Gasteiger partial charge in [-0.25, -0.2) is 9.37 Å². The summed E-state index contributed by atoms with van der Waals surface area (Å²) < 4.78 is 20.2. The Labute approximate surface area is 119 Å². The highest BCUT2D eigenvalue weighted by atomic mass is 35.5. The van der Waals surface area contributed by atoms with Crippen LogP contribution >= 0.6 is 11.6 Å². The predicted molar refractivity (Wildman–Crippen MR) is 77.0 cm³/mol. The van der Waals surface area contributed by atoms with E-state index in [9.17, 15) is 4.39 Å². The summed E-state index contributed by atoms with van der Waals surface area (Å²) in [5.41, 5.74) is 8.01. The van der Waals surface area contributed by atoms with E-state index < -0.39 is 5.82 Å². The van der Waals surface area contributed by atoms with E-state index in [1.165, 1.54) is 12.1 Å². The fraction of sp³-hybridized carbons (Fsp3) is 0.0714.